The molecule has 5 rings (SSSR count). The summed E-state index contributed by atoms with van der Waals surface area (Å²) in [6.45, 7) is 2.21. The van der Waals surface area contributed by atoms with Crippen LogP contribution < -0.4 is 5.32 Å². The normalized spacial score (nSPS) is 13.9. The second-order valence-corrected chi connectivity index (χ2v) is 8.25. The van der Waals surface area contributed by atoms with Gasteiger partial charge in [0, 0.05) is 18.7 Å². The first kappa shape index (κ1) is 21.4. The van der Waals surface area contributed by atoms with Gasteiger partial charge in [-0.05, 0) is 30.3 Å². The fraction of sp³-hybridized carbons (Fsp3) is 0.182. The minimum atomic E-state index is -0.470. The quantitative estimate of drug-likeness (QED) is 0.405. The molecule has 2 aromatic carbocycles. The number of imidazole rings is 1. The number of aromatic amines is 2. The Bertz CT molecular complexity index is 1340. The van der Waals surface area contributed by atoms with Gasteiger partial charge in [-0.2, -0.15) is 5.10 Å². The summed E-state index contributed by atoms with van der Waals surface area (Å²) in [6, 6.07) is 10.1. The molecule has 2 amide bonds. The Morgan fingerprint density at radius 2 is 1.85 bits per heavy atom. The SMILES string of the molecule is O=C(Nc1cn[nH]c1-c1nc2ccc(C(=O)N3CCOCC3)cc2[nH]1)c1c(Cl)cccc1Cl. The Hall–Kier alpha value is -3.40. The highest BCUT2D eigenvalue weighted by Crippen LogP contribution is 2.29. The Morgan fingerprint density at radius 1 is 1.09 bits per heavy atom. The standard InChI is InChI=1S/C22H18Cl2N6O3/c23-13-2-1-3-14(24)18(13)21(31)28-17-11-25-29-19(17)20-26-15-5-4-12(10-16(15)27-20)22(32)30-6-8-33-9-7-30/h1-5,10-11H,6-9H2,(H,25,29)(H,26,27)(H,28,31). The summed E-state index contributed by atoms with van der Waals surface area (Å²) in [7, 11) is 0. The van der Waals surface area contributed by atoms with Gasteiger partial charge in [0.1, 0.15) is 5.69 Å². The zero-order chi connectivity index (χ0) is 22.9. The molecule has 1 saturated heterocycles. The van der Waals surface area contributed by atoms with Gasteiger partial charge in [-0.15, -0.1) is 0 Å². The number of rotatable bonds is 4. The van der Waals surface area contributed by atoms with Crippen molar-refractivity contribution in [3.05, 3.63) is 63.8 Å². The minimum Gasteiger partial charge on any atom is -0.378 e. The Kier molecular flexibility index (Phi) is 5.76. The third-order valence-corrected chi connectivity index (χ3v) is 5.97. The fourth-order valence-corrected chi connectivity index (χ4v) is 4.24. The second-order valence-electron chi connectivity index (χ2n) is 7.43. The van der Waals surface area contributed by atoms with E-state index in [-0.39, 0.29) is 21.5 Å². The molecule has 0 unspecified atom stereocenters. The predicted molar refractivity (Wildman–Crippen MR) is 125 cm³/mol. The van der Waals surface area contributed by atoms with E-state index >= 15 is 0 Å². The Balaban J connectivity index is 1.42. The number of H-pyrrole nitrogens is 2. The third kappa shape index (κ3) is 4.18. The number of morpholine rings is 1. The smallest absolute Gasteiger partial charge is 0.258 e. The number of ether oxygens (including phenoxy) is 1. The van der Waals surface area contributed by atoms with Crippen LogP contribution in [-0.2, 0) is 4.74 Å². The van der Waals surface area contributed by atoms with Crippen molar-refractivity contribution in [1.29, 1.82) is 0 Å². The summed E-state index contributed by atoms with van der Waals surface area (Å²) >= 11 is 12.3. The van der Waals surface area contributed by atoms with Crippen molar-refractivity contribution < 1.29 is 14.3 Å². The van der Waals surface area contributed by atoms with Crippen molar-refractivity contribution in [3.8, 4) is 11.5 Å². The summed E-state index contributed by atoms with van der Waals surface area (Å²) in [5, 5.41) is 10.1. The number of anilines is 1. The monoisotopic (exact) mass is 484 g/mol. The van der Waals surface area contributed by atoms with Crippen LogP contribution >= 0.6 is 23.2 Å². The molecule has 4 aromatic rings. The van der Waals surface area contributed by atoms with E-state index in [1.165, 1.54) is 6.20 Å². The molecule has 0 aliphatic carbocycles. The van der Waals surface area contributed by atoms with Gasteiger partial charge in [0.25, 0.3) is 11.8 Å². The van der Waals surface area contributed by atoms with Crippen LogP contribution in [-0.4, -0.2) is 63.2 Å². The fourth-order valence-electron chi connectivity index (χ4n) is 3.67. The number of fused-ring (bicyclic) bond motifs is 1. The molecule has 0 saturated carbocycles. The van der Waals surface area contributed by atoms with Crippen LogP contribution in [0.4, 0.5) is 5.69 Å². The molecule has 1 fully saturated rings. The molecule has 33 heavy (non-hydrogen) atoms. The zero-order valence-electron chi connectivity index (χ0n) is 17.2. The zero-order valence-corrected chi connectivity index (χ0v) is 18.7. The van der Waals surface area contributed by atoms with Crippen LogP contribution in [0.15, 0.2) is 42.6 Å². The van der Waals surface area contributed by atoms with Crippen LogP contribution in [0.5, 0.6) is 0 Å². The van der Waals surface area contributed by atoms with Crippen LogP contribution in [0.25, 0.3) is 22.6 Å². The van der Waals surface area contributed by atoms with Crippen molar-refractivity contribution >= 4 is 51.7 Å². The summed E-state index contributed by atoms with van der Waals surface area (Å²) in [6.07, 6.45) is 1.47. The summed E-state index contributed by atoms with van der Waals surface area (Å²) in [4.78, 5) is 35.1. The van der Waals surface area contributed by atoms with E-state index in [1.807, 2.05) is 0 Å². The Labute approximate surface area is 198 Å². The van der Waals surface area contributed by atoms with Gasteiger partial charge < -0.3 is 19.9 Å². The van der Waals surface area contributed by atoms with Crippen molar-refractivity contribution in [2.75, 3.05) is 31.6 Å². The lowest BCUT2D eigenvalue weighted by atomic mass is 10.1. The molecule has 3 N–H and O–H groups in total. The molecule has 2 aromatic heterocycles. The highest BCUT2D eigenvalue weighted by Gasteiger charge is 2.21. The summed E-state index contributed by atoms with van der Waals surface area (Å²) in [5.74, 6) is -0.0655. The number of aromatic nitrogens is 4. The van der Waals surface area contributed by atoms with Crippen molar-refractivity contribution in [2.45, 2.75) is 0 Å². The molecular formula is C22H18Cl2N6O3. The van der Waals surface area contributed by atoms with Crippen molar-refractivity contribution in [2.24, 2.45) is 0 Å². The van der Waals surface area contributed by atoms with Gasteiger partial charge in [-0.3, -0.25) is 14.7 Å². The number of carbonyl (C=O) groups excluding carboxylic acids is 2. The number of amides is 2. The number of halogens is 2. The van der Waals surface area contributed by atoms with E-state index in [2.05, 4.69) is 25.5 Å². The van der Waals surface area contributed by atoms with Gasteiger partial charge in [-0.25, -0.2) is 4.98 Å². The van der Waals surface area contributed by atoms with Gasteiger partial charge in [-0.1, -0.05) is 29.3 Å². The van der Waals surface area contributed by atoms with E-state index in [9.17, 15) is 9.59 Å². The molecular weight excluding hydrogens is 467 g/mol. The molecule has 0 atom stereocenters. The number of hydrogen-bond donors (Lipinski definition) is 3. The number of hydrogen-bond acceptors (Lipinski definition) is 5. The Morgan fingerprint density at radius 3 is 2.61 bits per heavy atom. The van der Waals surface area contributed by atoms with Crippen LogP contribution in [0, 0.1) is 0 Å². The molecule has 11 heteroatoms. The lowest BCUT2D eigenvalue weighted by Crippen LogP contribution is -2.40. The van der Waals surface area contributed by atoms with Crippen molar-refractivity contribution in [3.63, 3.8) is 0 Å². The highest BCUT2D eigenvalue weighted by atomic mass is 35.5. The lowest BCUT2D eigenvalue weighted by molar-refractivity contribution is 0.0303. The van der Waals surface area contributed by atoms with E-state index in [4.69, 9.17) is 27.9 Å². The molecule has 0 bridgehead atoms. The van der Waals surface area contributed by atoms with E-state index in [0.29, 0.717) is 60.1 Å². The average molecular weight is 485 g/mol. The number of benzene rings is 2. The van der Waals surface area contributed by atoms with Gasteiger partial charge in [0.15, 0.2) is 5.82 Å². The number of nitrogens with one attached hydrogen (secondary N) is 3. The topological polar surface area (TPSA) is 116 Å². The second kappa shape index (κ2) is 8.86. The lowest BCUT2D eigenvalue weighted by Gasteiger charge is -2.26. The van der Waals surface area contributed by atoms with Gasteiger partial charge in [0.2, 0.25) is 0 Å². The number of nitrogens with zero attached hydrogens (tertiary/aromatic N) is 3. The van der Waals surface area contributed by atoms with Crippen molar-refractivity contribution in [1.82, 2.24) is 25.1 Å². The molecule has 9 nitrogen and oxygen atoms in total. The summed E-state index contributed by atoms with van der Waals surface area (Å²) < 4.78 is 5.32. The molecule has 168 valence electrons. The first-order valence-corrected chi connectivity index (χ1v) is 10.9. The average Bonchev–Trinajstić information content (AvgIpc) is 3.45. The van der Waals surface area contributed by atoms with Crippen LogP contribution in [0.2, 0.25) is 10.0 Å². The van der Waals surface area contributed by atoms with E-state index < -0.39 is 5.91 Å². The van der Waals surface area contributed by atoms with E-state index in [1.54, 1.807) is 41.3 Å². The first-order valence-electron chi connectivity index (χ1n) is 10.2. The maximum atomic E-state index is 12.8. The van der Waals surface area contributed by atoms with E-state index in [0.717, 1.165) is 0 Å². The van der Waals surface area contributed by atoms with Crippen LogP contribution in [0.1, 0.15) is 20.7 Å². The number of carbonyl (C=O) groups is 2. The third-order valence-electron chi connectivity index (χ3n) is 5.34. The largest absolute Gasteiger partial charge is 0.378 e. The maximum Gasteiger partial charge on any atom is 0.258 e. The molecule has 0 radical (unpaired) electrons. The minimum absolute atomic E-state index is 0.0533. The van der Waals surface area contributed by atoms with Gasteiger partial charge in [0.05, 0.1) is 51.7 Å². The van der Waals surface area contributed by atoms with Gasteiger partial charge >= 0.3 is 0 Å². The highest BCUT2D eigenvalue weighted by molar-refractivity contribution is 6.40. The molecule has 3 heterocycles. The summed E-state index contributed by atoms with van der Waals surface area (Å²) in [5.41, 5.74) is 2.97. The maximum absolute atomic E-state index is 12.8. The first-order chi connectivity index (χ1) is 16.0. The molecule has 1 aliphatic heterocycles. The predicted octanol–water partition coefficient (Wildman–Crippen LogP) is 3.98. The van der Waals surface area contributed by atoms with Crippen LogP contribution in [0.3, 0.4) is 0 Å². The molecule has 0 spiro atoms. The molecule has 1 aliphatic rings.